The Labute approximate surface area is 168 Å². The van der Waals surface area contributed by atoms with Crippen LogP contribution in [0.4, 0.5) is 0 Å². The summed E-state index contributed by atoms with van der Waals surface area (Å²) in [6, 6.07) is 3.98. The number of phenols is 1. The van der Waals surface area contributed by atoms with Crippen LogP contribution in [0, 0.1) is 13.8 Å². The molecule has 154 valence electrons. The SMILES string of the molecule is CC/C(=C\c1cc(C)c(O)c(C)c1)CC[C@H]1OC[C@H]2C1=C(COC)CS2(=O)=O. The molecule has 28 heavy (non-hydrogen) atoms. The molecule has 1 saturated heterocycles. The van der Waals surface area contributed by atoms with Crippen molar-refractivity contribution in [2.75, 3.05) is 26.1 Å². The number of sulfone groups is 1. The molecule has 0 radical (unpaired) electrons. The molecule has 0 aliphatic carbocycles. The van der Waals surface area contributed by atoms with Gasteiger partial charge in [0.05, 0.1) is 25.1 Å². The lowest BCUT2D eigenvalue weighted by Crippen LogP contribution is -2.19. The molecule has 2 atom stereocenters. The van der Waals surface area contributed by atoms with E-state index in [0.717, 1.165) is 47.1 Å². The minimum atomic E-state index is -3.15. The van der Waals surface area contributed by atoms with E-state index in [1.807, 2.05) is 26.0 Å². The summed E-state index contributed by atoms with van der Waals surface area (Å²) in [5.41, 5.74) is 5.92. The zero-order valence-electron chi connectivity index (χ0n) is 17.1. The minimum Gasteiger partial charge on any atom is -0.507 e. The molecule has 2 heterocycles. The van der Waals surface area contributed by atoms with Crippen molar-refractivity contribution in [2.45, 2.75) is 51.4 Å². The van der Waals surface area contributed by atoms with Gasteiger partial charge in [0.15, 0.2) is 9.84 Å². The van der Waals surface area contributed by atoms with Crippen molar-refractivity contribution in [3.8, 4) is 5.75 Å². The molecule has 6 heteroatoms. The van der Waals surface area contributed by atoms with E-state index >= 15 is 0 Å². The van der Waals surface area contributed by atoms with Crippen LogP contribution in [0.5, 0.6) is 5.75 Å². The molecule has 0 unspecified atom stereocenters. The van der Waals surface area contributed by atoms with Crippen molar-refractivity contribution in [1.82, 2.24) is 0 Å². The third kappa shape index (κ3) is 4.19. The lowest BCUT2D eigenvalue weighted by molar-refractivity contribution is 0.117. The number of phenolic OH excluding ortho intramolecular Hbond substituents is 1. The van der Waals surface area contributed by atoms with E-state index in [2.05, 4.69) is 13.0 Å². The van der Waals surface area contributed by atoms with Crippen LogP contribution in [-0.2, 0) is 19.3 Å². The van der Waals surface area contributed by atoms with Gasteiger partial charge in [0, 0.05) is 7.11 Å². The Morgan fingerprint density at radius 2 is 2.00 bits per heavy atom. The first-order valence-corrected chi connectivity index (χ1v) is 11.5. The maximum Gasteiger partial charge on any atom is 0.163 e. The predicted molar refractivity (Wildman–Crippen MR) is 111 cm³/mol. The van der Waals surface area contributed by atoms with Gasteiger partial charge in [-0.05, 0) is 73.1 Å². The zero-order valence-corrected chi connectivity index (χ0v) is 17.9. The largest absolute Gasteiger partial charge is 0.507 e. The van der Waals surface area contributed by atoms with Gasteiger partial charge in [-0.1, -0.05) is 18.6 Å². The average molecular weight is 407 g/mol. The van der Waals surface area contributed by atoms with Crippen molar-refractivity contribution in [3.63, 3.8) is 0 Å². The van der Waals surface area contributed by atoms with Crippen molar-refractivity contribution in [2.24, 2.45) is 0 Å². The molecule has 0 bridgehead atoms. The number of hydrogen-bond acceptors (Lipinski definition) is 5. The molecule has 0 saturated carbocycles. The maximum atomic E-state index is 12.4. The number of methoxy groups -OCH3 is 1. The summed E-state index contributed by atoms with van der Waals surface area (Å²) in [6.07, 6.45) is 4.55. The van der Waals surface area contributed by atoms with E-state index in [1.54, 1.807) is 7.11 Å². The Balaban J connectivity index is 1.76. The van der Waals surface area contributed by atoms with Gasteiger partial charge in [-0.2, -0.15) is 0 Å². The van der Waals surface area contributed by atoms with Crippen LogP contribution in [0.3, 0.4) is 0 Å². The van der Waals surface area contributed by atoms with Crippen molar-refractivity contribution < 1.29 is 23.0 Å². The van der Waals surface area contributed by atoms with E-state index in [-0.39, 0.29) is 18.5 Å². The second-order valence-corrected chi connectivity index (χ2v) is 9.99. The zero-order chi connectivity index (χ0) is 20.5. The highest BCUT2D eigenvalue weighted by molar-refractivity contribution is 7.92. The van der Waals surface area contributed by atoms with Gasteiger partial charge in [-0.3, -0.25) is 0 Å². The lowest BCUT2D eigenvalue weighted by atomic mass is 9.95. The smallest absolute Gasteiger partial charge is 0.163 e. The molecule has 2 aliphatic heterocycles. The average Bonchev–Trinajstić information content (AvgIpc) is 3.17. The van der Waals surface area contributed by atoms with Gasteiger partial charge in [-0.15, -0.1) is 0 Å². The fourth-order valence-corrected chi connectivity index (χ4v) is 6.21. The quantitative estimate of drug-likeness (QED) is 0.699. The fraction of sp³-hybridized carbons (Fsp3) is 0.545. The molecule has 0 aromatic heterocycles. The number of benzene rings is 1. The van der Waals surface area contributed by atoms with E-state index < -0.39 is 15.1 Å². The van der Waals surface area contributed by atoms with Crippen LogP contribution in [-0.4, -0.2) is 51.0 Å². The summed E-state index contributed by atoms with van der Waals surface area (Å²) >= 11 is 0. The number of aromatic hydroxyl groups is 1. The van der Waals surface area contributed by atoms with Crippen LogP contribution >= 0.6 is 0 Å². The Kier molecular flexibility index (Phi) is 6.32. The van der Waals surface area contributed by atoms with Gasteiger partial charge < -0.3 is 14.6 Å². The number of fused-ring (bicyclic) bond motifs is 1. The Morgan fingerprint density at radius 1 is 1.32 bits per heavy atom. The summed E-state index contributed by atoms with van der Waals surface area (Å²) in [5, 5.41) is 9.48. The maximum absolute atomic E-state index is 12.4. The first-order chi connectivity index (χ1) is 13.3. The highest BCUT2D eigenvalue weighted by Gasteiger charge is 2.46. The summed E-state index contributed by atoms with van der Waals surface area (Å²) in [5.74, 6) is 0.448. The number of aryl methyl sites for hydroxylation is 2. The van der Waals surface area contributed by atoms with Gasteiger partial charge in [0.2, 0.25) is 0 Å². The number of hydrogen-bond donors (Lipinski definition) is 1. The van der Waals surface area contributed by atoms with Gasteiger partial charge >= 0.3 is 0 Å². The first-order valence-electron chi connectivity index (χ1n) is 9.80. The molecule has 1 N–H and O–H groups in total. The van der Waals surface area contributed by atoms with E-state index in [4.69, 9.17) is 9.47 Å². The standard InChI is InChI=1S/C22H30O5S/c1-5-16(10-17-8-14(2)22(23)15(3)9-17)6-7-19-21-18(11-26-4)13-28(24,25)20(21)12-27-19/h8-10,19-20,23H,5-7,11-13H2,1-4H3/b16-10+/t19-,20+/m1/s1. The molecular formula is C22H30O5S. The highest BCUT2D eigenvalue weighted by atomic mass is 32.2. The number of rotatable bonds is 7. The minimum absolute atomic E-state index is 0.100. The Morgan fingerprint density at radius 3 is 2.61 bits per heavy atom. The Hall–Kier alpha value is -1.63. The van der Waals surface area contributed by atoms with Gasteiger partial charge in [0.1, 0.15) is 11.0 Å². The molecule has 3 rings (SSSR count). The third-order valence-electron chi connectivity index (χ3n) is 5.74. The molecule has 1 aromatic carbocycles. The lowest BCUT2D eigenvalue weighted by Gasteiger charge is -2.15. The number of allylic oxidation sites excluding steroid dienone is 1. The summed E-state index contributed by atoms with van der Waals surface area (Å²) in [7, 11) is -1.56. The van der Waals surface area contributed by atoms with Crippen molar-refractivity contribution in [3.05, 3.63) is 45.5 Å². The molecule has 2 aliphatic rings. The molecule has 5 nitrogen and oxygen atoms in total. The van der Waals surface area contributed by atoms with Crippen LogP contribution in [0.1, 0.15) is 42.9 Å². The second-order valence-electron chi connectivity index (χ2n) is 7.81. The topological polar surface area (TPSA) is 72.8 Å². The van der Waals surface area contributed by atoms with Crippen LogP contribution < -0.4 is 0 Å². The van der Waals surface area contributed by atoms with E-state index in [9.17, 15) is 13.5 Å². The van der Waals surface area contributed by atoms with Gasteiger partial charge in [0.25, 0.3) is 0 Å². The van der Waals surface area contributed by atoms with E-state index in [1.165, 1.54) is 5.57 Å². The second kappa shape index (κ2) is 8.39. The molecule has 1 fully saturated rings. The third-order valence-corrected chi connectivity index (χ3v) is 7.75. The monoisotopic (exact) mass is 406 g/mol. The van der Waals surface area contributed by atoms with Crippen molar-refractivity contribution in [1.29, 1.82) is 0 Å². The normalized spacial score (nSPS) is 24.1. The van der Waals surface area contributed by atoms with E-state index in [0.29, 0.717) is 12.4 Å². The summed E-state index contributed by atoms with van der Waals surface area (Å²) in [6.45, 7) is 6.55. The van der Waals surface area contributed by atoms with Crippen LogP contribution in [0.2, 0.25) is 0 Å². The highest BCUT2D eigenvalue weighted by Crippen LogP contribution is 2.38. The molecule has 1 aromatic rings. The van der Waals surface area contributed by atoms with Gasteiger partial charge in [-0.25, -0.2) is 8.42 Å². The van der Waals surface area contributed by atoms with Crippen LogP contribution in [0.15, 0.2) is 28.9 Å². The Bertz CT molecular complexity index is 888. The van der Waals surface area contributed by atoms with Crippen LogP contribution in [0.25, 0.3) is 6.08 Å². The summed E-state index contributed by atoms with van der Waals surface area (Å²) in [4.78, 5) is 0. The molecule has 0 spiro atoms. The molecule has 0 amide bonds. The summed E-state index contributed by atoms with van der Waals surface area (Å²) < 4.78 is 35.9. The number of ether oxygens (including phenoxy) is 2. The first kappa shape index (κ1) is 21.1. The molecular weight excluding hydrogens is 376 g/mol. The van der Waals surface area contributed by atoms with Crippen molar-refractivity contribution >= 4 is 15.9 Å². The predicted octanol–water partition coefficient (Wildman–Crippen LogP) is 3.72. The fourth-order valence-electron chi connectivity index (χ4n) is 4.28.